The molecule has 6 nitrogen and oxygen atoms in total. The highest BCUT2D eigenvalue weighted by atomic mass is 16.2. The number of hydrogen-bond donors (Lipinski definition) is 1. The summed E-state index contributed by atoms with van der Waals surface area (Å²) in [4.78, 5) is 43.6. The number of rotatable bonds is 5. The fourth-order valence-corrected chi connectivity index (χ4v) is 5.14. The molecular weight excluding hydrogens is 450 g/mol. The second kappa shape index (κ2) is 9.97. The Bertz CT molecular complexity index is 1300. The van der Waals surface area contributed by atoms with Gasteiger partial charge in [-0.05, 0) is 67.1 Å². The second-order valence-electron chi connectivity index (χ2n) is 9.75. The summed E-state index contributed by atoms with van der Waals surface area (Å²) in [5.74, 6) is -1.03. The summed E-state index contributed by atoms with van der Waals surface area (Å²) in [6.07, 6.45) is 1.93. The fourth-order valence-electron chi connectivity index (χ4n) is 5.14. The first kappa shape index (κ1) is 23.8. The molecule has 3 amide bonds. The second-order valence-corrected chi connectivity index (χ2v) is 9.75. The summed E-state index contributed by atoms with van der Waals surface area (Å²) >= 11 is 0. The van der Waals surface area contributed by atoms with Crippen LogP contribution in [0.1, 0.15) is 41.1 Å². The molecule has 0 radical (unpaired) electrons. The predicted molar refractivity (Wildman–Crippen MR) is 141 cm³/mol. The Morgan fingerprint density at radius 3 is 2.47 bits per heavy atom. The van der Waals surface area contributed by atoms with Crippen LogP contribution in [0.3, 0.4) is 0 Å². The standard InChI is InChI=1S/C30H31N3O3/c1-20-14-15-25(17-21(20)2)33-19-24(18-27(33)34)29(35)31-28(23-10-4-3-5-11-23)30(36)32-16-8-12-22-9-6-7-13-26(22)32/h3-7,9-11,13-15,17,24,28H,8,12,16,18-19H2,1-2H3,(H,31,35)/t24-,28-/m1/s1. The number of fused-ring (bicyclic) bond motifs is 1. The van der Waals surface area contributed by atoms with Gasteiger partial charge in [-0.15, -0.1) is 0 Å². The van der Waals surface area contributed by atoms with Crippen LogP contribution in [0, 0.1) is 19.8 Å². The molecule has 0 aliphatic carbocycles. The topological polar surface area (TPSA) is 69.7 Å². The summed E-state index contributed by atoms with van der Waals surface area (Å²) in [5, 5.41) is 3.01. The number of para-hydroxylation sites is 1. The van der Waals surface area contributed by atoms with Crippen molar-refractivity contribution in [3.05, 3.63) is 95.1 Å². The van der Waals surface area contributed by atoms with Crippen molar-refractivity contribution in [1.82, 2.24) is 5.32 Å². The Kier molecular flexibility index (Phi) is 6.59. The van der Waals surface area contributed by atoms with Crippen molar-refractivity contribution >= 4 is 29.1 Å². The minimum Gasteiger partial charge on any atom is -0.340 e. The molecule has 0 saturated carbocycles. The summed E-state index contributed by atoms with van der Waals surface area (Å²) in [6, 6.07) is 22.4. The van der Waals surface area contributed by atoms with Crippen molar-refractivity contribution < 1.29 is 14.4 Å². The first-order valence-corrected chi connectivity index (χ1v) is 12.5. The molecule has 0 spiro atoms. The molecule has 184 valence electrons. The number of hydrogen-bond acceptors (Lipinski definition) is 3. The van der Waals surface area contributed by atoms with Crippen LogP contribution in [0.15, 0.2) is 72.8 Å². The number of anilines is 2. The molecule has 2 atom stereocenters. The molecule has 2 heterocycles. The third-order valence-electron chi connectivity index (χ3n) is 7.34. The van der Waals surface area contributed by atoms with E-state index in [1.807, 2.05) is 80.6 Å². The van der Waals surface area contributed by atoms with Crippen LogP contribution in [0.2, 0.25) is 0 Å². The Morgan fingerprint density at radius 2 is 1.69 bits per heavy atom. The van der Waals surface area contributed by atoms with Gasteiger partial charge in [-0.3, -0.25) is 14.4 Å². The number of carbonyl (C=O) groups excluding carboxylic acids is 3. The van der Waals surface area contributed by atoms with Gasteiger partial charge in [0.1, 0.15) is 6.04 Å². The van der Waals surface area contributed by atoms with Crippen molar-refractivity contribution in [3.8, 4) is 0 Å². The van der Waals surface area contributed by atoms with E-state index in [2.05, 4.69) is 11.4 Å². The molecule has 3 aromatic rings. The monoisotopic (exact) mass is 481 g/mol. The van der Waals surface area contributed by atoms with Crippen molar-refractivity contribution in [2.24, 2.45) is 5.92 Å². The highest BCUT2D eigenvalue weighted by molar-refractivity contribution is 6.03. The van der Waals surface area contributed by atoms with Gasteiger partial charge >= 0.3 is 0 Å². The van der Waals surface area contributed by atoms with E-state index in [1.165, 1.54) is 0 Å². The smallest absolute Gasteiger partial charge is 0.254 e. The van der Waals surface area contributed by atoms with E-state index in [0.29, 0.717) is 13.1 Å². The van der Waals surface area contributed by atoms with Gasteiger partial charge in [0.25, 0.3) is 5.91 Å². The molecule has 6 heteroatoms. The summed E-state index contributed by atoms with van der Waals surface area (Å²) in [5.41, 5.74) is 5.84. The van der Waals surface area contributed by atoms with Gasteiger partial charge in [0.05, 0.1) is 5.92 Å². The maximum absolute atomic E-state index is 13.9. The van der Waals surface area contributed by atoms with E-state index in [-0.39, 0.29) is 24.1 Å². The molecule has 2 aliphatic rings. The minimum atomic E-state index is -0.823. The van der Waals surface area contributed by atoms with Gasteiger partial charge in [0.2, 0.25) is 11.8 Å². The molecule has 3 aromatic carbocycles. The largest absolute Gasteiger partial charge is 0.340 e. The van der Waals surface area contributed by atoms with E-state index in [1.54, 1.807) is 9.80 Å². The molecule has 1 N–H and O–H groups in total. The predicted octanol–water partition coefficient (Wildman–Crippen LogP) is 4.49. The Labute approximate surface area is 211 Å². The van der Waals surface area contributed by atoms with E-state index >= 15 is 0 Å². The molecule has 1 fully saturated rings. The maximum Gasteiger partial charge on any atom is 0.254 e. The van der Waals surface area contributed by atoms with Gasteiger partial charge in [-0.2, -0.15) is 0 Å². The lowest BCUT2D eigenvalue weighted by Gasteiger charge is -2.33. The van der Waals surface area contributed by atoms with Crippen molar-refractivity contribution in [2.75, 3.05) is 22.9 Å². The van der Waals surface area contributed by atoms with Crippen LogP contribution in [-0.4, -0.2) is 30.8 Å². The SMILES string of the molecule is Cc1ccc(N2C[C@H](C(=O)N[C@@H](C(=O)N3CCCc4ccccc43)c3ccccc3)CC2=O)cc1C. The molecule has 5 rings (SSSR count). The Balaban J connectivity index is 1.37. The molecule has 0 bridgehead atoms. The number of carbonyl (C=O) groups is 3. The first-order chi connectivity index (χ1) is 17.4. The Hall–Kier alpha value is -3.93. The molecule has 2 aliphatic heterocycles. The van der Waals surface area contributed by atoms with Crippen molar-refractivity contribution in [2.45, 2.75) is 39.2 Å². The average molecular weight is 482 g/mol. The number of benzene rings is 3. The zero-order valence-electron chi connectivity index (χ0n) is 20.7. The molecule has 36 heavy (non-hydrogen) atoms. The number of amides is 3. The lowest BCUT2D eigenvalue weighted by Crippen LogP contribution is -2.46. The zero-order valence-corrected chi connectivity index (χ0v) is 20.7. The van der Waals surface area contributed by atoms with Crippen LogP contribution >= 0.6 is 0 Å². The highest BCUT2D eigenvalue weighted by Crippen LogP contribution is 2.31. The number of nitrogens with one attached hydrogen (secondary N) is 1. The third-order valence-corrected chi connectivity index (χ3v) is 7.34. The van der Waals surface area contributed by atoms with Gasteiger partial charge < -0.3 is 15.1 Å². The molecule has 0 aromatic heterocycles. The third kappa shape index (κ3) is 4.63. The molecular formula is C30H31N3O3. The Morgan fingerprint density at radius 1 is 0.944 bits per heavy atom. The van der Waals surface area contributed by atoms with Gasteiger partial charge in [0, 0.05) is 30.9 Å². The summed E-state index contributed by atoms with van der Waals surface area (Å²) < 4.78 is 0. The molecule has 0 unspecified atom stereocenters. The minimum absolute atomic E-state index is 0.0778. The summed E-state index contributed by atoms with van der Waals surface area (Å²) in [6.45, 7) is 4.95. The normalized spacial score (nSPS) is 18.1. The quantitative estimate of drug-likeness (QED) is 0.584. The van der Waals surface area contributed by atoms with Crippen molar-refractivity contribution in [1.29, 1.82) is 0 Å². The van der Waals surface area contributed by atoms with E-state index in [9.17, 15) is 14.4 Å². The van der Waals surface area contributed by atoms with E-state index in [4.69, 9.17) is 0 Å². The van der Waals surface area contributed by atoms with E-state index in [0.717, 1.165) is 46.5 Å². The fraction of sp³-hybridized carbons (Fsp3) is 0.300. The van der Waals surface area contributed by atoms with Crippen molar-refractivity contribution in [3.63, 3.8) is 0 Å². The van der Waals surface area contributed by atoms with Crippen LogP contribution in [0.25, 0.3) is 0 Å². The maximum atomic E-state index is 13.9. The van der Waals surface area contributed by atoms with Gasteiger partial charge in [-0.1, -0.05) is 54.6 Å². The van der Waals surface area contributed by atoms with Crippen LogP contribution < -0.4 is 15.1 Å². The number of nitrogens with zero attached hydrogens (tertiary/aromatic N) is 2. The number of aryl methyl sites for hydroxylation is 3. The lowest BCUT2D eigenvalue weighted by molar-refractivity contribution is -0.130. The molecule has 1 saturated heterocycles. The lowest BCUT2D eigenvalue weighted by atomic mass is 9.98. The average Bonchev–Trinajstić information content (AvgIpc) is 3.30. The summed E-state index contributed by atoms with van der Waals surface area (Å²) in [7, 11) is 0. The van der Waals surface area contributed by atoms with E-state index < -0.39 is 12.0 Å². The van der Waals surface area contributed by atoms with Crippen LogP contribution in [0.5, 0.6) is 0 Å². The van der Waals surface area contributed by atoms with Gasteiger partial charge in [-0.25, -0.2) is 0 Å². The first-order valence-electron chi connectivity index (χ1n) is 12.5. The van der Waals surface area contributed by atoms with Gasteiger partial charge in [0.15, 0.2) is 0 Å². The van der Waals surface area contributed by atoms with Crippen LogP contribution in [0.4, 0.5) is 11.4 Å². The zero-order chi connectivity index (χ0) is 25.2. The van der Waals surface area contributed by atoms with Crippen LogP contribution in [-0.2, 0) is 20.8 Å². The highest BCUT2D eigenvalue weighted by Gasteiger charge is 2.38.